The second-order valence-electron chi connectivity index (χ2n) is 10.4. The highest BCUT2D eigenvalue weighted by molar-refractivity contribution is 8.00. The Morgan fingerprint density at radius 2 is 1.81 bits per heavy atom. The SMILES string of the molecule is COc1ccc(NC(=O)Cn2c3c(sc2=O)C(c2ccc(N(C)C)cc2)C2C4CCC(C4)C2S3)cc1. The van der Waals surface area contributed by atoms with Crippen LogP contribution in [-0.2, 0) is 11.3 Å². The fraction of sp³-hybridized carbons (Fsp3) is 0.429. The molecule has 5 atom stereocenters. The molecule has 0 radical (unpaired) electrons. The molecule has 2 aromatic carbocycles. The Labute approximate surface area is 219 Å². The van der Waals surface area contributed by atoms with Crippen molar-refractivity contribution in [2.24, 2.45) is 17.8 Å². The van der Waals surface area contributed by atoms with Gasteiger partial charge < -0.3 is 15.0 Å². The third-order valence-electron chi connectivity index (χ3n) is 8.13. The molecule has 188 valence electrons. The van der Waals surface area contributed by atoms with Gasteiger partial charge in [0, 0.05) is 41.5 Å². The van der Waals surface area contributed by atoms with Crippen molar-refractivity contribution >= 4 is 40.4 Å². The first-order valence-corrected chi connectivity index (χ1v) is 14.2. The van der Waals surface area contributed by atoms with Crippen LogP contribution in [0.1, 0.15) is 35.6 Å². The van der Waals surface area contributed by atoms with E-state index in [0.717, 1.165) is 21.6 Å². The Kier molecular flexibility index (Phi) is 6.12. The summed E-state index contributed by atoms with van der Waals surface area (Å²) >= 11 is 3.21. The maximum Gasteiger partial charge on any atom is 0.308 e. The molecular formula is C28H31N3O3S2. The van der Waals surface area contributed by atoms with Gasteiger partial charge in [0.15, 0.2) is 0 Å². The van der Waals surface area contributed by atoms with Crippen molar-refractivity contribution in [3.63, 3.8) is 0 Å². The van der Waals surface area contributed by atoms with Crippen molar-refractivity contribution in [3.05, 3.63) is 68.6 Å². The number of carbonyl (C=O) groups is 1. The number of nitrogens with one attached hydrogen (secondary N) is 1. The average Bonchev–Trinajstić information content (AvgIpc) is 3.57. The van der Waals surface area contributed by atoms with E-state index in [4.69, 9.17) is 4.74 Å². The van der Waals surface area contributed by atoms with Crippen molar-refractivity contribution in [2.45, 2.75) is 42.0 Å². The lowest BCUT2D eigenvalue weighted by Crippen LogP contribution is -2.34. The highest BCUT2D eigenvalue weighted by atomic mass is 32.2. The van der Waals surface area contributed by atoms with Gasteiger partial charge in [-0.05, 0) is 79.0 Å². The summed E-state index contributed by atoms with van der Waals surface area (Å²) < 4.78 is 6.91. The predicted molar refractivity (Wildman–Crippen MR) is 147 cm³/mol. The molecule has 1 N–H and O–H groups in total. The van der Waals surface area contributed by atoms with Crippen molar-refractivity contribution in [1.82, 2.24) is 4.57 Å². The first-order chi connectivity index (χ1) is 17.4. The van der Waals surface area contributed by atoms with Gasteiger partial charge in [-0.3, -0.25) is 14.2 Å². The van der Waals surface area contributed by atoms with Gasteiger partial charge in [0.2, 0.25) is 5.91 Å². The van der Waals surface area contributed by atoms with E-state index in [0.29, 0.717) is 22.8 Å². The third-order valence-corrected chi connectivity index (χ3v) is 11.0. The number of aromatic nitrogens is 1. The number of carbonyl (C=O) groups excluding carboxylic acids is 1. The molecule has 2 aliphatic carbocycles. The van der Waals surface area contributed by atoms with Crippen molar-refractivity contribution < 1.29 is 9.53 Å². The molecule has 1 aromatic heterocycles. The van der Waals surface area contributed by atoms with Gasteiger partial charge in [-0.1, -0.05) is 23.5 Å². The minimum Gasteiger partial charge on any atom is -0.497 e. The maximum atomic E-state index is 13.3. The zero-order valence-corrected chi connectivity index (χ0v) is 22.4. The molecule has 6 rings (SSSR count). The van der Waals surface area contributed by atoms with Crippen LogP contribution in [0.4, 0.5) is 11.4 Å². The molecule has 2 fully saturated rings. The van der Waals surface area contributed by atoms with Crippen molar-refractivity contribution in [2.75, 3.05) is 31.4 Å². The Morgan fingerprint density at radius 1 is 1.08 bits per heavy atom. The molecule has 3 aliphatic rings. The Morgan fingerprint density at radius 3 is 2.50 bits per heavy atom. The maximum absolute atomic E-state index is 13.3. The smallest absolute Gasteiger partial charge is 0.308 e. The molecule has 0 spiro atoms. The summed E-state index contributed by atoms with van der Waals surface area (Å²) in [6.07, 6.45) is 3.88. The second kappa shape index (κ2) is 9.30. The molecule has 2 bridgehead atoms. The van der Waals surface area contributed by atoms with Crippen LogP contribution < -0.4 is 19.8 Å². The van der Waals surface area contributed by atoms with Crippen LogP contribution >= 0.6 is 23.1 Å². The quantitative estimate of drug-likeness (QED) is 0.479. The monoisotopic (exact) mass is 521 g/mol. The number of amides is 1. The number of benzene rings is 2. The van der Waals surface area contributed by atoms with E-state index in [-0.39, 0.29) is 23.2 Å². The van der Waals surface area contributed by atoms with Crippen LogP contribution in [-0.4, -0.2) is 36.9 Å². The summed E-state index contributed by atoms with van der Waals surface area (Å²) in [7, 11) is 5.72. The van der Waals surface area contributed by atoms with Gasteiger partial charge in [-0.15, -0.1) is 11.8 Å². The fourth-order valence-electron chi connectivity index (χ4n) is 6.46. The number of ether oxygens (including phenoxy) is 1. The standard InChI is InChI=1S/C28H31N3O3S2/c1-30(2)20-10-6-16(7-11-20)23-24-17-4-5-18(14-17)25(24)35-27-26(23)36-28(33)31(27)15-22(32)29-19-8-12-21(34-3)13-9-19/h6-13,17-18,23-25H,4-5,14-15H2,1-3H3,(H,29,32). The lowest BCUT2D eigenvalue weighted by Gasteiger charge is -2.40. The summed E-state index contributed by atoms with van der Waals surface area (Å²) in [5.41, 5.74) is 3.16. The van der Waals surface area contributed by atoms with Crippen LogP contribution in [0, 0.1) is 17.8 Å². The average molecular weight is 522 g/mol. The van der Waals surface area contributed by atoms with Crippen LogP contribution in [0.25, 0.3) is 0 Å². The molecule has 2 saturated carbocycles. The van der Waals surface area contributed by atoms with E-state index in [2.05, 4.69) is 48.6 Å². The Hall–Kier alpha value is -2.71. The largest absolute Gasteiger partial charge is 0.497 e. The first-order valence-electron chi connectivity index (χ1n) is 12.5. The number of hydrogen-bond donors (Lipinski definition) is 1. The van der Waals surface area contributed by atoms with E-state index in [9.17, 15) is 9.59 Å². The lowest BCUT2D eigenvalue weighted by atomic mass is 9.75. The summed E-state index contributed by atoms with van der Waals surface area (Å²) in [6.45, 7) is 0.0292. The molecule has 1 aliphatic heterocycles. The van der Waals surface area contributed by atoms with E-state index in [1.807, 2.05) is 36.0 Å². The minimum atomic E-state index is -0.189. The van der Waals surface area contributed by atoms with Gasteiger partial charge in [-0.25, -0.2) is 0 Å². The molecule has 2 heterocycles. The van der Waals surface area contributed by atoms with Crippen LogP contribution in [0.5, 0.6) is 5.75 Å². The number of anilines is 2. The summed E-state index contributed by atoms with van der Waals surface area (Å²) in [5.74, 6) is 2.76. The van der Waals surface area contributed by atoms with E-state index < -0.39 is 0 Å². The number of hydrogen-bond acceptors (Lipinski definition) is 6. The summed E-state index contributed by atoms with van der Waals surface area (Å²) in [4.78, 5) is 29.4. The highest BCUT2D eigenvalue weighted by Crippen LogP contribution is 2.64. The van der Waals surface area contributed by atoms with Gasteiger partial charge >= 0.3 is 4.87 Å². The fourth-order valence-corrected chi connectivity index (χ4v) is 9.61. The lowest BCUT2D eigenvalue weighted by molar-refractivity contribution is -0.116. The number of methoxy groups -OCH3 is 1. The molecule has 6 nitrogen and oxygen atoms in total. The van der Waals surface area contributed by atoms with Gasteiger partial charge in [0.05, 0.1) is 12.1 Å². The molecule has 3 aromatic rings. The number of fused-ring (bicyclic) bond motifs is 6. The minimum absolute atomic E-state index is 0.0292. The number of thiazole rings is 1. The molecule has 8 heteroatoms. The zero-order chi connectivity index (χ0) is 25.0. The van der Waals surface area contributed by atoms with Crippen LogP contribution in [0.3, 0.4) is 0 Å². The van der Waals surface area contributed by atoms with E-state index >= 15 is 0 Å². The van der Waals surface area contributed by atoms with E-state index in [1.165, 1.54) is 41.9 Å². The number of thioether (sulfide) groups is 1. The van der Waals surface area contributed by atoms with E-state index in [1.54, 1.807) is 11.7 Å². The number of nitrogens with zero attached hydrogens (tertiary/aromatic N) is 2. The van der Waals surface area contributed by atoms with Crippen molar-refractivity contribution in [1.29, 1.82) is 0 Å². The first kappa shape index (κ1) is 23.7. The van der Waals surface area contributed by atoms with Gasteiger partial charge in [0.1, 0.15) is 12.3 Å². The van der Waals surface area contributed by atoms with Crippen LogP contribution in [0.2, 0.25) is 0 Å². The summed E-state index contributed by atoms with van der Waals surface area (Å²) in [6, 6.07) is 16.1. The second-order valence-corrected chi connectivity index (χ2v) is 12.5. The molecule has 0 saturated heterocycles. The topological polar surface area (TPSA) is 63.6 Å². The zero-order valence-electron chi connectivity index (χ0n) is 20.8. The third kappa shape index (κ3) is 4.04. The number of rotatable bonds is 6. The van der Waals surface area contributed by atoms with Crippen molar-refractivity contribution in [3.8, 4) is 5.75 Å². The highest BCUT2D eigenvalue weighted by Gasteiger charge is 2.55. The normalized spacial score (nSPS) is 25.8. The van der Waals surface area contributed by atoms with Gasteiger partial charge in [0.25, 0.3) is 0 Å². The summed E-state index contributed by atoms with van der Waals surface area (Å²) in [5, 5.41) is 4.45. The molecule has 1 amide bonds. The van der Waals surface area contributed by atoms with Gasteiger partial charge in [-0.2, -0.15) is 0 Å². The molecule has 36 heavy (non-hydrogen) atoms. The molecular weight excluding hydrogens is 490 g/mol. The Balaban J connectivity index is 1.33. The Bertz CT molecular complexity index is 1330. The molecule has 5 unspecified atom stereocenters. The van der Waals surface area contributed by atoms with Crippen LogP contribution in [0.15, 0.2) is 58.4 Å². The predicted octanol–water partition coefficient (Wildman–Crippen LogP) is 5.28.